The summed E-state index contributed by atoms with van der Waals surface area (Å²) in [5.41, 5.74) is 2.19. The molecule has 8 nitrogen and oxygen atoms in total. The molecule has 8 heteroatoms. The van der Waals surface area contributed by atoms with Crippen molar-refractivity contribution >= 4 is 23.7 Å². The van der Waals surface area contributed by atoms with Crippen molar-refractivity contribution in [3.05, 3.63) is 52.8 Å². The Morgan fingerprint density at radius 3 is 2.34 bits per heavy atom. The number of aromatic nitrogens is 2. The van der Waals surface area contributed by atoms with E-state index in [9.17, 15) is 14.4 Å². The zero-order chi connectivity index (χ0) is 20.5. The van der Waals surface area contributed by atoms with Gasteiger partial charge in [-0.05, 0) is 44.9 Å². The average molecular weight is 393 g/mol. The molecule has 150 valence electrons. The summed E-state index contributed by atoms with van der Waals surface area (Å²) < 4.78 is 0. The third kappa shape index (κ3) is 3.57. The topological polar surface area (TPSA) is 95.5 Å². The number of imide groups is 1. The number of carbonyl (C=O) groups excluding carboxylic acids is 3. The number of hydrogen-bond donors (Lipinski definition) is 1. The molecule has 0 spiro atoms. The Hall–Kier alpha value is -3.29. The number of benzene rings is 1. The number of anilines is 1. The van der Waals surface area contributed by atoms with Gasteiger partial charge in [-0.2, -0.15) is 0 Å². The summed E-state index contributed by atoms with van der Waals surface area (Å²) in [5.74, 6) is -0.608. The van der Waals surface area contributed by atoms with Crippen LogP contribution in [0, 0.1) is 6.92 Å². The van der Waals surface area contributed by atoms with Crippen molar-refractivity contribution < 1.29 is 14.4 Å². The van der Waals surface area contributed by atoms with E-state index in [-0.39, 0.29) is 6.54 Å². The molecule has 29 heavy (non-hydrogen) atoms. The maximum Gasteiger partial charge on any atom is 0.262 e. The number of rotatable bonds is 5. The van der Waals surface area contributed by atoms with Gasteiger partial charge in [-0.15, -0.1) is 0 Å². The minimum atomic E-state index is -0.914. The Morgan fingerprint density at radius 2 is 1.72 bits per heavy atom. The highest BCUT2D eigenvalue weighted by Crippen LogP contribution is 2.24. The van der Waals surface area contributed by atoms with Crippen LogP contribution in [0.15, 0.2) is 30.3 Å². The standard InChI is InChI=1S/C21H23N5O3/c1-13-11-15(24-21(23-13)25-9-5-6-10-25)12-22-18(27)14(2)26-19(28)16-7-3-4-8-17(16)20(26)29/h3-4,7-8,11,14H,5-6,9-10,12H2,1-2H3,(H,22,27). The van der Waals surface area contributed by atoms with E-state index in [1.54, 1.807) is 31.2 Å². The lowest BCUT2D eigenvalue weighted by atomic mass is 10.1. The lowest BCUT2D eigenvalue weighted by molar-refractivity contribution is -0.124. The molecule has 2 aliphatic heterocycles. The van der Waals surface area contributed by atoms with Crippen molar-refractivity contribution in [1.29, 1.82) is 0 Å². The number of nitrogens with zero attached hydrogens (tertiary/aromatic N) is 4. The Kier molecular flexibility index (Phi) is 5.00. The predicted molar refractivity (Wildman–Crippen MR) is 106 cm³/mol. The lowest BCUT2D eigenvalue weighted by Crippen LogP contribution is -2.47. The molecule has 1 unspecified atom stereocenters. The van der Waals surface area contributed by atoms with Crippen LogP contribution < -0.4 is 10.2 Å². The number of hydrogen-bond acceptors (Lipinski definition) is 6. The van der Waals surface area contributed by atoms with Crippen molar-refractivity contribution in [1.82, 2.24) is 20.2 Å². The maximum atomic E-state index is 12.7. The van der Waals surface area contributed by atoms with Crippen molar-refractivity contribution in [2.45, 2.75) is 39.3 Å². The zero-order valence-electron chi connectivity index (χ0n) is 16.5. The fraction of sp³-hybridized carbons (Fsp3) is 0.381. The first-order chi connectivity index (χ1) is 14.0. The first-order valence-corrected chi connectivity index (χ1v) is 9.80. The minimum absolute atomic E-state index is 0.205. The monoisotopic (exact) mass is 393 g/mol. The Balaban J connectivity index is 1.44. The van der Waals surface area contributed by atoms with Gasteiger partial charge in [-0.25, -0.2) is 9.97 Å². The highest BCUT2D eigenvalue weighted by Gasteiger charge is 2.40. The molecule has 1 fully saturated rings. The molecule has 3 amide bonds. The van der Waals surface area contributed by atoms with Crippen molar-refractivity contribution in [3.63, 3.8) is 0 Å². The van der Waals surface area contributed by atoms with Crippen LogP contribution in [0.3, 0.4) is 0 Å². The van der Waals surface area contributed by atoms with E-state index in [1.165, 1.54) is 0 Å². The van der Waals surface area contributed by atoms with Gasteiger partial charge in [-0.1, -0.05) is 12.1 Å². The van der Waals surface area contributed by atoms with E-state index in [2.05, 4.69) is 20.2 Å². The molecule has 0 saturated carbocycles. The fourth-order valence-electron chi connectivity index (χ4n) is 3.77. The Labute approximate surface area is 168 Å². The molecular formula is C21H23N5O3. The summed E-state index contributed by atoms with van der Waals surface area (Å²) >= 11 is 0. The Bertz CT molecular complexity index is 949. The largest absolute Gasteiger partial charge is 0.349 e. The van der Waals surface area contributed by atoms with Crippen LogP contribution in [0.5, 0.6) is 0 Å². The van der Waals surface area contributed by atoms with Gasteiger partial charge < -0.3 is 10.2 Å². The van der Waals surface area contributed by atoms with E-state index in [4.69, 9.17) is 0 Å². The number of nitrogens with one attached hydrogen (secondary N) is 1. The quantitative estimate of drug-likeness (QED) is 0.777. The molecule has 1 N–H and O–H groups in total. The number of fused-ring (bicyclic) bond motifs is 1. The number of amides is 3. The first kappa shape index (κ1) is 19.0. The molecule has 2 aliphatic rings. The van der Waals surface area contributed by atoms with Crippen LogP contribution >= 0.6 is 0 Å². The minimum Gasteiger partial charge on any atom is -0.349 e. The van der Waals surface area contributed by atoms with Crippen LogP contribution in [0.25, 0.3) is 0 Å². The molecular weight excluding hydrogens is 370 g/mol. The van der Waals surface area contributed by atoms with Gasteiger partial charge in [0.2, 0.25) is 11.9 Å². The van der Waals surface area contributed by atoms with E-state index < -0.39 is 23.8 Å². The molecule has 1 aromatic carbocycles. The van der Waals surface area contributed by atoms with Gasteiger partial charge in [0.1, 0.15) is 6.04 Å². The maximum absolute atomic E-state index is 12.7. The zero-order valence-corrected chi connectivity index (χ0v) is 16.5. The van der Waals surface area contributed by atoms with Gasteiger partial charge in [0, 0.05) is 18.8 Å². The molecule has 4 rings (SSSR count). The molecule has 1 saturated heterocycles. The van der Waals surface area contributed by atoms with Crippen LogP contribution in [0.4, 0.5) is 5.95 Å². The predicted octanol–water partition coefficient (Wildman–Crippen LogP) is 1.69. The van der Waals surface area contributed by atoms with Crippen LogP contribution in [-0.4, -0.2) is 51.7 Å². The second kappa shape index (κ2) is 7.62. The molecule has 1 aromatic heterocycles. The van der Waals surface area contributed by atoms with E-state index in [0.717, 1.165) is 36.5 Å². The molecule has 0 radical (unpaired) electrons. The third-order valence-corrected chi connectivity index (χ3v) is 5.32. The molecule has 2 aromatic rings. The van der Waals surface area contributed by atoms with Crippen LogP contribution in [0.2, 0.25) is 0 Å². The number of carbonyl (C=O) groups is 3. The summed E-state index contributed by atoms with van der Waals surface area (Å²) in [6, 6.07) is 7.52. The number of aryl methyl sites for hydroxylation is 1. The van der Waals surface area contributed by atoms with E-state index >= 15 is 0 Å². The normalized spacial score (nSPS) is 16.9. The van der Waals surface area contributed by atoms with Crippen LogP contribution in [0.1, 0.15) is 51.9 Å². The summed E-state index contributed by atoms with van der Waals surface area (Å²) in [6.45, 7) is 5.53. The van der Waals surface area contributed by atoms with Gasteiger partial charge in [0.05, 0.1) is 23.4 Å². The van der Waals surface area contributed by atoms with Gasteiger partial charge in [0.15, 0.2) is 0 Å². The smallest absolute Gasteiger partial charge is 0.262 e. The van der Waals surface area contributed by atoms with Gasteiger partial charge in [0.25, 0.3) is 11.8 Å². The SMILES string of the molecule is Cc1cc(CNC(=O)C(C)N2C(=O)c3ccccc3C2=O)nc(N2CCCC2)n1. The molecule has 1 atom stereocenters. The van der Waals surface area contributed by atoms with Gasteiger partial charge >= 0.3 is 0 Å². The van der Waals surface area contributed by atoms with E-state index in [1.807, 2.05) is 13.0 Å². The van der Waals surface area contributed by atoms with Crippen molar-refractivity contribution in [3.8, 4) is 0 Å². The van der Waals surface area contributed by atoms with E-state index in [0.29, 0.717) is 22.8 Å². The van der Waals surface area contributed by atoms with Crippen molar-refractivity contribution in [2.75, 3.05) is 18.0 Å². The molecule has 0 aliphatic carbocycles. The third-order valence-electron chi connectivity index (χ3n) is 5.32. The molecule has 3 heterocycles. The second-order valence-corrected chi connectivity index (χ2v) is 7.41. The average Bonchev–Trinajstić information content (AvgIpc) is 3.33. The van der Waals surface area contributed by atoms with Gasteiger partial charge in [-0.3, -0.25) is 19.3 Å². The summed E-state index contributed by atoms with van der Waals surface area (Å²) in [5, 5.41) is 2.79. The summed E-state index contributed by atoms with van der Waals surface area (Å²) in [4.78, 5) is 50.0. The lowest BCUT2D eigenvalue weighted by Gasteiger charge is -2.22. The fourth-order valence-corrected chi connectivity index (χ4v) is 3.77. The first-order valence-electron chi connectivity index (χ1n) is 9.80. The second-order valence-electron chi connectivity index (χ2n) is 7.41. The highest BCUT2D eigenvalue weighted by atomic mass is 16.2. The van der Waals surface area contributed by atoms with Crippen molar-refractivity contribution in [2.24, 2.45) is 0 Å². The Morgan fingerprint density at radius 1 is 1.10 bits per heavy atom. The highest BCUT2D eigenvalue weighted by molar-refractivity contribution is 6.22. The molecule has 0 bridgehead atoms. The van der Waals surface area contributed by atoms with Crippen LogP contribution in [-0.2, 0) is 11.3 Å². The summed E-state index contributed by atoms with van der Waals surface area (Å²) in [7, 11) is 0. The summed E-state index contributed by atoms with van der Waals surface area (Å²) in [6.07, 6.45) is 2.25.